The minimum Gasteiger partial charge on any atom is -0.376 e. The number of ether oxygens (including phenoxy) is 1. The fourth-order valence-electron chi connectivity index (χ4n) is 4.41. The highest BCUT2D eigenvalue weighted by Gasteiger charge is 2.23. The molecular weight excluding hydrogens is 382 g/mol. The van der Waals surface area contributed by atoms with Gasteiger partial charge in [-0.3, -0.25) is 18.3 Å². The third-order valence-electron chi connectivity index (χ3n) is 5.97. The molecule has 1 saturated heterocycles. The molecular formula is C22H25N5O3. The zero-order valence-corrected chi connectivity index (χ0v) is 17.5. The normalized spacial score (nSPS) is 16.8. The summed E-state index contributed by atoms with van der Waals surface area (Å²) >= 11 is 0. The standard InChI is InChI=1S/C22H25N5O3/c1-14-6-4-7-16(10-14)12-27-20(28)18-19(24(3)22(27)29)23-21-25(15(2)11-26(18)21)13-17-8-5-9-30-17/h4,6-7,10-11,17H,5,8-9,12-13H2,1-3H3. The molecule has 0 saturated carbocycles. The summed E-state index contributed by atoms with van der Waals surface area (Å²) in [5.41, 5.74) is 3.16. The quantitative estimate of drug-likeness (QED) is 0.519. The molecule has 4 aromatic rings. The molecule has 0 radical (unpaired) electrons. The van der Waals surface area contributed by atoms with Crippen molar-refractivity contribution in [1.82, 2.24) is 23.1 Å². The van der Waals surface area contributed by atoms with E-state index < -0.39 is 0 Å². The van der Waals surface area contributed by atoms with E-state index in [2.05, 4.69) is 9.55 Å². The summed E-state index contributed by atoms with van der Waals surface area (Å²) in [5, 5.41) is 0. The third kappa shape index (κ3) is 2.90. The van der Waals surface area contributed by atoms with E-state index in [0.717, 1.165) is 36.3 Å². The number of imidazole rings is 2. The average molecular weight is 407 g/mol. The van der Waals surface area contributed by atoms with Gasteiger partial charge in [0.15, 0.2) is 11.2 Å². The van der Waals surface area contributed by atoms with E-state index in [4.69, 9.17) is 4.74 Å². The Morgan fingerprint density at radius 1 is 1.20 bits per heavy atom. The van der Waals surface area contributed by atoms with Crippen LogP contribution in [0.3, 0.4) is 0 Å². The molecule has 1 atom stereocenters. The van der Waals surface area contributed by atoms with Crippen LogP contribution in [-0.2, 0) is 24.9 Å². The fraction of sp³-hybridized carbons (Fsp3) is 0.409. The maximum absolute atomic E-state index is 13.4. The van der Waals surface area contributed by atoms with Crippen LogP contribution in [0.1, 0.15) is 29.7 Å². The van der Waals surface area contributed by atoms with Crippen LogP contribution in [0.25, 0.3) is 16.9 Å². The van der Waals surface area contributed by atoms with Crippen molar-refractivity contribution in [2.45, 2.75) is 45.9 Å². The van der Waals surface area contributed by atoms with Gasteiger partial charge in [-0.05, 0) is 32.3 Å². The van der Waals surface area contributed by atoms with Gasteiger partial charge in [-0.1, -0.05) is 29.8 Å². The predicted octanol–water partition coefficient (Wildman–Crippen LogP) is 1.99. The van der Waals surface area contributed by atoms with E-state index in [1.54, 1.807) is 7.05 Å². The number of hydrogen-bond donors (Lipinski definition) is 0. The van der Waals surface area contributed by atoms with Crippen LogP contribution in [0, 0.1) is 13.8 Å². The Kier molecular flexibility index (Phi) is 4.39. The first kappa shape index (κ1) is 18.9. The van der Waals surface area contributed by atoms with Crippen LogP contribution >= 0.6 is 0 Å². The predicted molar refractivity (Wildman–Crippen MR) is 114 cm³/mol. The van der Waals surface area contributed by atoms with Gasteiger partial charge in [0.25, 0.3) is 5.56 Å². The molecule has 0 amide bonds. The largest absolute Gasteiger partial charge is 0.376 e. The molecule has 0 bridgehead atoms. The molecule has 1 aliphatic heterocycles. The molecule has 8 heteroatoms. The van der Waals surface area contributed by atoms with Crippen molar-refractivity contribution in [3.63, 3.8) is 0 Å². The molecule has 8 nitrogen and oxygen atoms in total. The van der Waals surface area contributed by atoms with E-state index in [1.165, 1.54) is 9.13 Å². The van der Waals surface area contributed by atoms with E-state index >= 15 is 0 Å². The first-order valence-corrected chi connectivity index (χ1v) is 10.3. The highest BCUT2D eigenvalue weighted by atomic mass is 16.5. The number of hydrogen-bond acceptors (Lipinski definition) is 4. The molecule has 30 heavy (non-hydrogen) atoms. The van der Waals surface area contributed by atoms with Gasteiger partial charge in [-0.25, -0.2) is 4.79 Å². The third-order valence-corrected chi connectivity index (χ3v) is 5.97. The van der Waals surface area contributed by atoms with Crippen molar-refractivity contribution in [3.05, 3.63) is 68.1 Å². The number of benzene rings is 1. The lowest BCUT2D eigenvalue weighted by molar-refractivity contribution is 0.0974. The minimum absolute atomic E-state index is 0.154. The molecule has 1 unspecified atom stereocenters. The zero-order chi connectivity index (χ0) is 21.0. The first-order chi connectivity index (χ1) is 14.4. The van der Waals surface area contributed by atoms with Gasteiger partial charge in [0, 0.05) is 25.5 Å². The van der Waals surface area contributed by atoms with E-state index in [1.807, 2.05) is 48.7 Å². The summed E-state index contributed by atoms with van der Waals surface area (Å²) in [6, 6.07) is 7.85. The number of aromatic nitrogens is 5. The smallest absolute Gasteiger partial charge is 0.332 e. The van der Waals surface area contributed by atoms with Gasteiger partial charge in [0.2, 0.25) is 5.78 Å². The number of rotatable bonds is 4. The van der Waals surface area contributed by atoms with Crippen LogP contribution in [-0.4, -0.2) is 35.8 Å². The molecule has 5 rings (SSSR count). The van der Waals surface area contributed by atoms with Crippen LogP contribution in [0.2, 0.25) is 0 Å². The monoisotopic (exact) mass is 407 g/mol. The second-order valence-corrected chi connectivity index (χ2v) is 8.19. The van der Waals surface area contributed by atoms with Crippen molar-refractivity contribution in [1.29, 1.82) is 0 Å². The molecule has 0 aliphatic carbocycles. The van der Waals surface area contributed by atoms with E-state index in [9.17, 15) is 9.59 Å². The SMILES string of the molecule is Cc1cccc(Cn2c(=O)c3c(nc4n(CC5CCCO5)c(C)cn34)n(C)c2=O)c1. The van der Waals surface area contributed by atoms with Crippen LogP contribution in [0.4, 0.5) is 0 Å². The Hall–Kier alpha value is -3.13. The van der Waals surface area contributed by atoms with E-state index in [0.29, 0.717) is 23.5 Å². The second-order valence-electron chi connectivity index (χ2n) is 8.19. The number of nitrogens with zero attached hydrogens (tertiary/aromatic N) is 5. The molecule has 3 aromatic heterocycles. The molecule has 4 heterocycles. The Labute approximate surface area is 173 Å². The number of fused-ring (bicyclic) bond motifs is 3. The van der Waals surface area contributed by atoms with Crippen LogP contribution < -0.4 is 11.2 Å². The highest BCUT2D eigenvalue weighted by molar-refractivity contribution is 5.75. The maximum Gasteiger partial charge on any atom is 0.332 e. The topological polar surface area (TPSA) is 75.5 Å². The van der Waals surface area contributed by atoms with Crippen molar-refractivity contribution in [2.24, 2.45) is 7.05 Å². The van der Waals surface area contributed by atoms with Crippen molar-refractivity contribution in [2.75, 3.05) is 6.61 Å². The molecule has 1 aromatic carbocycles. The van der Waals surface area contributed by atoms with Gasteiger partial charge in [-0.15, -0.1) is 0 Å². The Bertz CT molecular complexity index is 1380. The second kappa shape index (κ2) is 6.98. The van der Waals surface area contributed by atoms with E-state index in [-0.39, 0.29) is 23.9 Å². The average Bonchev–Trinajstić information content (AvgIpc) is 3.42. The Morgan fingerprint density at radius 2 is 2.03 bits per heavy atom. The van der Waals surface area contributed by atoms with Gasteiger partial charge in [0.05, 0.1) is 19.2 Å². The molecule has 0 spiro atoms. The first-order valence-electron chi connectivity index (χ1n) is 10.3. The molecule has 1 aliphatic rings. The van der Waals surface area contributed by atoms with Gasteiger partial charge in [-0.2, -0.15) is 4.98 Å². The summed E-state index contributed by atoms with van der Waals surface area (Å²) in [5.74, 6) is 0.665. The molecule has 1 fully saturated rings. The summed E-state index contributed by atoms with van der Waals surface area (Å²) in [6.45, 7) is 5.70. The van der Waals surface area contributed by atoms with Crippen LogP contribution in [0.15, 0.2) is 40.1 Å². The van der Waals surface area contributed by atoms with Gasteiger partial charge < -0.3 is 9.30 Å². The fourth-order valence-corrected chi connectivity index (χ4v) is 4.41. The Morgan fingerprint density at radius 3 is 2.77 bits per heavy atom. The van der Waals surface area contributed by atoms with Gasteiger partial charge in [0.1, 0.15) is 0 Å². The molecule has 156 valence electrons. The summed E-state index contributed by atoms with van der Waals surface area (Å²) in [7, 11) is 1.67. The van der Waals surface area contributed by atoms with Crippen molar-refractivity contribution < 1.29 is 4.74 Å². The highest BCUT2D eigenvalue weighted by Crippen LogP contribution is 2.20. The van der Waals surface area contributed by atoms with Crippen LogP contribution in [0.5, 0.6) is 0 Å². The van der Waals surface area contributed by atoms with Gasteiger partial charge >= 0.3 is 5.69 Å². The lowest BCUT2D eigenvalue weighted by Gasteiger charge is -2.11. The minimum atomic E-state index is -0.364. The molecule has 0 N–H and O–H groups in total. The summed E-state index contributed by atoms with van der Waals surface area (Å²) in [4.78, 5) is 31.0. The maximum atomic E-state index is 13.4. The van der Waals surface area contributed by atoms with Crippen molar-refractivity contribution >= 4 is 16.9 Å². The lowest BCUT2D eigenvalue weighted by Crippen LogP contribution is -2.39. The zero-order valence-electron chi connectivity index (χ0n) is 17.5. The summed E-state index contributed by atoms with van der Waals surface area (Å²) < 4.78 is 12.4. The number of aryl methyl sites for hydroxylation is 3. The lowest BCUT2D eigenvalue weighted by atomic mass is 10.1. The Balaban J connectivity index is 1.69. The van der Waals surface area contributed by atoms with Crippen molar-refractivity contribution in [3.8, 4) is 0 Å². The summed E-state index contributed by atoms with van der Waals surface area (Å²) in [6.07, 6.45) is 4.16.